The topological polar surface area (TPSA) is 77.6 Å². The molecule has 6 nitrogen and oxygen atoms in total. The standard InChI is InChI=1S/C61H39N5O/c1-5-17-40(18-6-1)49-35-50(41-19-7-2-8-20-41)37-51(36-49)61-65-59(43-23-11-4-12-24-43)64-60(66-61)48-28-16-26-45(34-48)44-25-15-27-46(33-44)54-39-55(63-58(62-54)42-21-9-3-10-22-42)47-31-32-53-52-29-13-14-30-56(52)67-57(53)38-47/h1-39H. The molecule has 6 heteroatoms. The molecule has 0 saturated carbocycles. The van der Waals surface area contributed by atoms with Crippen molar-refractivity contribution in [2.45, 2.75) is 0 Å². The maximum Gasteiger partial charge on any atom is 0.164 e. The Bertz CT molecular complexity index is 3680. The number of benzene rings is 9. The van der Waals surface area contributed by atoms with Crippen molar-refractivity contribution < 1.29 is 4.42 Å². The first kappa shape index (κ1) is 39.5. The van der Waals surface area contributed by atoms with E-state index in [1.54, 1.807) is 0 Å². The van der Waals surface area contributed by atoms with Crippen molar-refractivity contribution in [3.8, 4) is 101 Å². The molecule has 67 heavy (non-hydrogen) atoms. The summed E-state index contributed by atoms with van der Waals surface area (Å²) in [5.74, 6) is 2.44. The molecule has 12 rings (SSSR count). The summed E-state index contributed by atoms with van der Waals surface area (Å²) in [6.45, 7) is 0. The van der Waals surface area contributed by atoms with Gasteiger partial charge in [-0.2, -0.15) is 0 Å². The molecule has 0 aliphatic heterocycles. The molecule has 0 unspecified atom stereocenters. The zero-order chi connectivity index (χ0) is 44.5. The maximum atomic E-state index is 6.30. The Labute approximate surface area is 387 Å². The lowest BCUT2D eigenvalue weighted by atomic mass is 9.96. The molecule has 0 fully saturated rings. The van der Waals surface area contributed by atoms with Gasteiger partial charge in [0.2, 0.25) is 0 Å². The van der Waals surface area contributed by atoms with Crippen LogP contribution in [0.4, 0.5) is 0 Å². The second-order valence-electron chi connectivity index (χ2n) is 16.5. The zero-order valence-corrected chi connectivity index (χ0v) is 36.2. The first-order valence-electron chi connectivity index (χ1n) is 22.3. The average Bonchev–Trinajstić information content (AvgIpc) is 3.80. The van der Waals surface area contributed by atoms with Gasteiger partial charge in [0.15, 0.2) is 23.3 Å². The van der Waals surface area contributed by atoms with E-state index in [2.05, 4.69) is 146 Å². The van der Waals surface area contributed by atoms with Gasteiger partial charge in [-0.05, 0) is 88.0 Å². The van der Waals surface area contributed by atoms with Crippen LogP contribution in [0.2, 0.25) is 0 Å². The van der Waals surface area contributed by atoms with E-state index in [1.807, 2.05) is 91.0 Å². The highest BCUT2D eigenvalue weighted by atomic mass is 16.3. The SMILES string of the molecule is c1ccc(-c2cc(-c3ccccc3)cc(-c3nc(-c4ccccc4)nc(-c4cccc(-c5cccc(-c6cc(-c7ccc8c(c7)oc7ccccc78)nc(-c7ccccc7)n6)c5)c4)n3)c2)cc1. The van der Waals surface area contributed by atoms with Crippen molar-refractivity contribution in [2.75, 3.05) is 0 Å². The minimum Gasteiger partial charge on any atom is -0.456 e. The van der Waals surface area contributed by atoms with Crippen molar-refractivity contribution >= 4 is 21.9 Å². The third kappa shape index (κ3) is 7.94. The Morgan fingerprint density at radius 3 is 1.19 bits per heavy atom. The Kier molecular flexibility index (Phi) is 10.1. The summed E-state index contributed by atoms with van der Waals surface area (Å²) in [4.78, 5) is 25.8. The van der Waals surface area contributed by atoms with Gasteiger partial charge in [0.05, 0.1) is 11.4 Å². The Morgan fingerprint density at radius 1 is 0.209 bits per heavy atom. The van der Waals surface area contributed by atoms with Gasteiger partial charge in [0.1, 0.15) is 11.2 Å². The van der Waals surface area contributed by atoms with Crippen molar-refractivity contribution in [3.63, 3.8) is 0 Å². The first-order chi connectivity index (χ1) is 33.1. The van der Waals surface area contributed by atoms with Gasteiger partial charge in [0, 0.05) is 44.2 Å². The van der Waals surface area contributed by atoms with Gasteiger partial charge >= 0.3 is 0 Å². The summed E-state index contributed by atoms with van der Waals surface area (Å²) in [7, 11) is 0. The molecule has 0 spiro atoms. The highest BCUT2D eigenvalue weighted by Gasteiger charge is 2.17. The van der Waals surface area contributed by atoms with Gasteiger partial charge in [0.25, 0.3) is 0 Å². The van der Waals surface area contributed by atoms with Gasteiger partial charge in [-0.3, -0.25) is 0 Å². The normalized spacial score (nSPS) is 11.3. The molecule has 3 aromatic heterocycles. The zero-order valence-electron chi connectivity index (χ0n) is 36.2. The van der Waals surface area contributed by atoms with E-state index in [0.717, 1.165) is 100 Å². The van der Waals surface area contributed by atoms with Crippen LogP contribution in [0, 0.1) is 0 Å². The number of fused-ring (bicyclic) bond motifs is 3. The van der Waals surface area contributed by atoms with Crippen LogP contribution >= 0.6 is 0 Å². The predicted molar refractivity (Wildman–Crippen MR) is 272 cm³/mol. The summed E-state index contributed by atoms with van der Waals surface area (Å²) in [6, 6.07) is 81.2. The summed E-state index contributed by atoms with van der Waals surface area (Å²) in [6.07, 6.45) is 0. The van der Waals surface area contributed by atoms with Gasteiger partial charge < -0.3 is 4.42 Å². The van der Waals surface area contributed by atoms with Gasteiger partial charge in [-0.25, -0.2) is 24.9 Å². The fraction of sp³-hybridized carbons (Fsp3) is 0. The quantitative estimate of drug-likeness (QED) is 0.144. The van der Waals surface area contributed by atoms with Crippen LogP contribution in [0.3, 0.4) is 0 Å². The van der Waals surface area contributed by atoms with Gasteiger partial charge in [-0.15, -0.1) is 0 Å². The third-order valence-corrected chi connectivity index (χ3v) is 12.1. The molecule has 0 atom stereocenters. The molecule has 0 N–H and O–H groups in total. The Morgan fingerprint density at radius 2 is 0.597 bits per heavy atom. The lowest BCUT2D eigenvalue weighted by Crippen LogP contribution is -2.00. The van der Waals surface area contributed by atoms with E-state index in [0.29, 0.717) is 23.3 Å². The number of hydrogen-bond donors (Lipinski definition) is 0. The number of furan rings is 1. The second-order valence-corrected chi connectivity index (χ2v) is 16.5. The van der Waals surface area contributed by atoms with Crippen molar-refractivity contribution in [1.82, 2.24) is 24.9 Å². The lowest BCUT2D eigenvalue weighted by Gasteiger charge is -2.13. The molecular formula is C61H39N5O. The van der Waals surface area contributed by atoms with E-state index in [-0.39, 0.29) is 0 Å². The molecule has 0 aliphatic carbocycles. The van der Waals surface area contributed by atoms with E-state index in [9.17, 15) is 0 Å². The minimum atomic E-state index is 0.586. The highest BCUT2D eigenvalue weighted by Crippen LogP contribution is 2.37. The molecule has 9 aromatic carbocycles. The molecule has 0 radical (unpaired) electrons. The molecule has 314 valence electrons. The number of rotatable bonds is 9. The van der Waals surface area contributed by atoms with Crippen molar-refractivity contribution in [3.05, 3.63) is 237 Å². The third-order valence-electron chi connectivity index (χ3n) is 12.1. The van der Waals surface area contributed by atoms with E-state index in [4.69, 9.17) is 29.3 Å². The van der Waals surface area contributed by atoms with Crippen molar-refractivity contribution in [2.24, 2.45) is 0 Å². The smallest absolute Gasteiger partial charge is 0.164 e. The Hall–Kier alpha value is -9.13. The number of aromatic nitrogens is 5. The molecule has 0 aliphatic rings. The van der Waals surface area contributed by atoms with Crippen LogP contribution < -0.4 is 0 Å². The fourth-order valence-corrected chi connectivity index (χ4v) is 8.74. The fourth-order valence-electron chi connectivity index (χ4n) is 8.74. The lowest BCUT2D eigenvalue weighted by molar-refractivity contribution is 0.669. The van der Waals surface area contributed by atoms with E-state index in [1.165, 1.54) is 0 Å². The maximum absolute atomic E-state index is 6.30. The average molecular weight is 858 g/mol. The molecule has 0 bridgehead atoms. The summed E-state index contributed by atoms with van der Waals surface area (Å²) < 4.78 is 6.30. The molecule has 3 heterocycles. The number of hydrogen-bond acceptors (Lipinski definition) is 6. The molecule has 0 saturated heterocycles. The van der Waals surface area contributed by atoms with Crippen LogP contribution in [0.1, 0.15) is 0 Å². The number of nitrogens with zero attached hydrogens (tertiary/aromatic N) is 5. The second kappa shape index (κ2) is 17.1. The largest absolute Gasteiger partial charge is 0.456 e. The monoisotopic (exact) mass is 857 g/mol. The van der Waals surface area contributed by atoms with Crippen LogP contribution in [-0.2, 0) is 0 Å². The van der Waals surface area contributed by atoms with E-state index < -0.39 is 0 Å². The summed E-state index contributed by atoms with van der Waals surface area (Å²) >= 11 is 0. The van der Waals surface area contributed by atoms with Crippen LogP contribution in [0.5, 0.6) is 0 Å². The Balaban J connectivity index is 0.954. The predicted octanol–water partition coefficient (Wildman–Crippen LogP) is 15.6. The minimum absolute atomic E-state index is 0.586. The van der Waals surface area contributed by atoms with Crippen LogP contribution in [-0.4, -0.2) is 24.9 Å². The molecule has 0 amide bonds. The first-order valence-corrected chi connectivity index (χ1v) is 22.3. The molecule has 12 aromatic rings. The summed E-state index contributed by atoms with van der Waals surface area (Å²) in [5, 5.41) is 2.17. The van der Waals surface area contributed by atoms with Crippen LogP contribution in [0.15, 0.2) is 241 Å². The van der Waals surface area contributed by atoms with Gasteiger partial charge in [-0.1, -0.05) is 182 Å². The van der Waals surface area contributed by atoms with Crippen LogP contribution in [0.25, 0.3) is 123 Å². The summed E-state index contributed by atoms with van der Waals surface area (Å²) in [5.41, 5.74) is 15.3. The van der Waals surface area contributed by atoms with E-state index >= 15 is 0 Å². The highest BCUT2D eigenvalue weighted by molar-refractivity contribution is 6.05. The molecular weight excluding hydrogens is 819 g/mol. The number of para-hydroxylation sites is 1. The van der Waals surface area contributed by atoms with Crippen molar-refractivity contribution in [1.29, 1.82) is 0 Å².